The molecule has 35 heavy (non-hydrogen) atoms. The van der Waals surface area contributed by atoms with Crippen molar-refractivity contribution in [2.45, 2.75) is 19.3 Å². The van der Waals surface area contributed by atoms with Crippen LogP contribution < -0.4 is 19.5 Å². The minimum atomic E-state index is -0.166. The number of rotatable bonds is 2. The Balaban J connectivity index is 1.19. The summed E-state index contributed by atoms with van der Waals surface area (Å²) < 4.78 is 18.6. The molecule has 4 heteroatoms. The molecule has 170 valence electrons. The summed E-state index contributed by atoms with van der Waals surface area (Å²) in [6, 6.07) is 32.7. The fourth-order valence-electron chi connectivity index (χ4n) is 5.03. The van der Waals surface area contributed by atoms with Gasteiger partial charge in [0.2, 0.25) is 0 Å². The third-order valence-corrected chi connectivity index (χ3v) is 6.92. The van der Waals surface area contributed by atoms with E-state index in [1.165, 1.54) is 5.56 Å². The molecule has 0 unspecified atom stereocenters. The summed E-state index contributed by atoms with van der Waals surface area (Å²) in [4.78, 5) is 0. The predicted molar refractivity (Wildman–Crippen MR) is 139 cm³/mol. The van der Waals surface area contributed by atoms with Crippen molar-refractivity contribution in [1.29, 1.82) is 0 Å². The highest BCUT2D eigenvalue weighted by Gasteiger charge is 2.34. The molecule has 2 aliphatic heterocycles. The zero-order valence-electron chi connectivity index (χ0n) is 19.5. The van der Waals surface area contributed by atoms with E-state index in [1.807, 2.05) is 66.7 Å². The molecule has 4 nitrogen and oxygen atoms in total. The maximum atomic E-state index is 6.24. The van der Waals surface area contributed by atoms with Crippen LogP contribution in [0.1, 0.15) is 25.0 Å². The number of nitrogens with one attached hydrogen (secondary N) is 1. The van der Waals surface area contributed by atoms with Crippen LogP contribution in [0.2, 0.25) is 0 Å². The molecular formula is C31H23NO3. The largest absolute Gasteiger partial charge is 0.457 e. The Labute approximate surface area is 203 Å². The average Bonchev–Trinajstić information content (AvgIpc) is 2.87. The molecule has 7 rings (SSSR count). The minimum Gasteiger partial charge on any atom is -0.457 e. The van der Waals surface area contributed by atoms with Crippen LogP contribution in [-0.2, 0) is 5.41 Å². The molecule has 0 saturated carbocycles. The number of para-hydroxylation sites is 1. The number of hydrogen-bond donors (Lipinski definition) is 1. The molecule has 0 amide bonds. The van der Waals surface area contributed by atoms with Gasteiger partial charge in [0.15, 0.2) is 23.0 Å². The van der Waals surface area contributed by atoms with E-state index < -0.39 is 0 Å². The van der Waals surface area contributed by atoms with Crippen LogP contribution in [0.4, 0.5) is 11.4 Å². The molecule has 5 aromatic rings. The fourth-order valence-corrected chi connectivity index (χ4v) is 5.03. The Kier molecular flexibility index (Phi) is 4.15. The van der Waals surface area contributed by atoms with Gasteiger partial charge in [0.1, 0.15) is 11.5 Å². The summed E-state index contributed by atoms with van der Waals surface area (Å²) in [6.45, 7) is 4.48. The zero-order valence-corrected chi connectivity index (χ0v) is 19.5. The molecule has 2 heterocycles. The van der Waals surface area contributed by atoms with Gasteiger partial charge in [-0.2, -0.15) is 0 Å². The van der Waals surface area contributed by atoms with Crippen LogP contribution in [0.25, 0.3) is 10.8 Å². The lowest BCUT2D eigenvalue weighted by atomic mass is 9.75. The molecule has 0 bridgehead atoms. The summed E-state index contributed by atoms with van der Waals surface area (Å²) in [5, 5.41) is 5.77. The Morgan fingerprint density at radius 1 is 0.486 bits per heavy atom. The van der Waals surface area contributed by atoms with E-state index in [4.69, 9.17) is 14.2 Å². The first-order chi connectivity index (χ1) is 17.0. The Bertz CT molecular complexity index is 1640. The van der Waals surface area contributed by atoms with Gasteiger partial charge in [-0.1, -0.05) is 56.3 Å². The van der Waals surface area contributed by atoms with Crippen molar-refractivity contribution < 1.29 is 14.2 Å². The van der Waals surface area contributed by atoms with Gasteiger partial charge in [0, 0.05) is 34.0 Å². The molecule has 1 N–H and O–H groups in total. The minimum absolute atomic E-state index is 0.166. The van der Waals surface area contributed by atoms with E-state index in [1.54, 1.807) is 0 Å². The van der Waals surface area contributed by atoms with Gasteiger partial charge < -0.3 is 19.5 Å². The highest BCUT2D eigenvalue weighted by atomic mass is 16.6. The van der Waals surface area contributed by atoms with E-state index >= 15 is 0 Å². The second-order valence-corrected chi connectivity index (χ2v) is 9.57. The summed E-state index contributed by atoms with van der Waals surface area (Å²) in [6.07, 6.45) is 0. The van der Waals surface area contributed by atoms with E-state index in [-0.39, 0.29) is 5.41 Å². The van der Waals surface area contributed by atoms with Crippen LogP contribution in [0, 0.1) is 0 Å². The van der Waals surface area contributed by atoms with Crippen molar-refractivity contribution in [3.8, 4) is 34.5 Å². The molecule has 0 aromatic heterocycles. The van der Waals surface area contributed by atoms with E-state index in [0.29, 0.717) is 11.5 Å². The van der Waals surface area contributed by atoms with Gasteiger partial charge >= 0.3 is 0 Å². The quantitative estimate of drug-likeness (QED) is 0.282. The topological polar surface area (TPSA) is 39.7 Å². The van der Waals surface area contributed by atoms with Crippen molar-refractivity contribution in [3.05, 3.63) is 108 Å². The monoisotopic (exact) mass is 457 g/mol. The number of fused-ring (bicyclic) bond motifs is 5. The lowest BCUT2D eigenvalue weighted by Gasteiger charge is -2.34. The van der Waals surface area contributed by atoms with Crippen molar-refractivity contribution in [1.82, 2.24) is 0 Å². The maximum absolute atomic E-state index is 6.24. The number of benzene rings is 5. The highest BCUT2D eigenvalue weighted by molar-refractivity contribution is 5.86. The molecule has 0 atom stereocenters. The summed E-state index contributed by atoms with van der Waals surface area (Å²) in [7, 11) is 0. The zero-order chi connectivity index (χ0) is 23.6. The van der Waals surface area contributed by atoms with Crippen LogP contribution in [-0.4, -0.2) is 0 Å². The van der Waals surface area contributed by atoms with E-state index in [9.17, 15) is 0 Å². The lowest BCUT2D eigenvalue weighted by Crippen LogP contribution is -2.24. The normalized spacial score (nSPS) is 14.3. The standard InChI is InChI=1S/C31H23NO3/c1-31(2)23-9-5-6-10-25(23)33-26-13-11-21(17-24(26)31)32-22-12-14-27-30(18-22)35-29-16-20-8-4-3-7-19(20)15-28(29)34-27/h3-18,32H,1-2H3. The molecule has 0 fully saturated rings. The molecule has 0 spiro atoms. The Morgan fingerprint density at radius 2 is 1.03 bits per heavy atom. The third kappa shape index (κ3) is 3.22. The van der Waals surface area contributed by atoms with Gasteiger partial charge in [0.25, 0.3) is 0 Å². The number of ether oxygens (including phenoxy) is 3. The second kappa shape index (κ2) is 7.28. The molecule has 0 aliphatic carbocycles. The van der Waals surface area contributed by atoms with E-state index in [0.717, 1.165) is 50.7 Å². The first kappa shape index (κ1) is 20.0. The van der Waals surface area contributed by atoms with Gasteiger partial charge in [-0.05, 0) is 59.3 Å². The first-order valence-electron chi connectivity index (χ1n) is 11.8. The maximum Gasteiger partial charge on any atom is 0.172 e. The molecule has 0 radical (unpaired) electrons. The Hall–Kier alpha value is -4.44. The van der Waals surface area contributed by atoms with Gasteiger partial charge in [-0.15, -0.1) is 0 Å². The Morgan fingerprint density at radius 3 is 1.80 bits per heavy atom. The summed E-state index contributed by atoms with van der Waals surface area (Å²) in [5.74, 6) is 4.66. The van der Waals surface area contributed by atoms with Gasteiger partial charge in [0.05, 0.1) is 0 Å². The second-order valence-electron chi connectivity index (χ2n) is 9.57. The van der Waals surface area contributed by atoms with Crippen molar-refractivity contribution in [3.63, 3.8) is 0 Å². The van der Waals surface area contributed by atoms with Crippen LogP contribution in [0.15, 0.2) is 97.1 Å². The van der Waals surface area contributed by atoms with E-state index in [2.05, 4.69) is 49.5 Å². The van der Waals surface area contributed by atoms with Gasteiger partial charge in [-0.3, -0.25) is 0 Å². The SMILES string of the molecule is CC1(C)c2ccccc2Oc2ccc(Nc3ccc4c(c3)Oc3cc5ccccc5cc3O4)cc21. The lowest BCUT2D eigenvalue weighted by molar-refractivity contribution is 0.360. The third-order valence-electron chi connectivity index (χ3n) is 6.92. The van der Waals surface area contributed by atoms with Crippen molar-refractivity contribution in [2.24, 2.45) is 0 Å². The average molecular weight is 458 g/mol. The van der Waals surface area contributed by atoms with Gasteiger partial charge in [-0.25, -0.2) is 0 Å². The van der Waals surface area contributed by atoms with Crippen LogP contribution in [0.5, 0.6) is 34.5 Å². The summed E-state index contributed by atoms with van der Waals surface area (Å²) >= 11 is 0. The van der Waals surface area contributed by atoms with Crippen molar-refractivity contribution in [2.75, 3.05) is 5.32 Å². The van der Waals surface area contributed by atoms with Crippen LogP contribution >= 0.6 is 0 Å². The highest BCUT2D eigenvalue weighted by Crippen LogP contribution is 2.50. The molecule has 0 saturated heterocycles. The number of anilines is 2. The smallest absolute Gasteiger partial charge is 0.172 e. The first-order valence-corrected chi connectivity index (χ1v) is 11.8. The van der Waals surface area contributed by atoms with Crippen LogP contribution in [0.3, 0.4) is 0 Å². The predicted octanol–water partition coefficient (Wildman–Crippen LogP) is 8.91. The molecule has 5 aromatic carbocycles. The fraction of sp³-hybridized carbons (Fsp3) is 0.0968. The van der Waals surface area contributed by atoms with Crippen molar-refractivity contribution >= 4 is 22.1 Å². The summed E-state index contributed by atoms with van der Waals surface area (Å²) in [5.41, 5.74) is 4.09. The molecular weight excluding hydrogens is 434 g/mol. The number of hydrogen-bond acceptors (Lipinski definition) is 4. The molecule has 2 aliphatic rings.